The van der Waals surface area contributed by atoms with Crippen molar-refractivity contribution in [1.29, 1.82) is 0 Å². The molecule has 4 heterocycles. The Morgan fingerprint density at radius 2 is 1.88 bits per heavy atom. The maximum absolute atomic E-state index is 13.1. The molecular formula is C23H24N6O4. The molecule has 2 aliphatic heterocycles. The second kappa shape index (κ2) is 8.89. The zero-order chi connectivity index (χ0) is 22.8. The second-order valence-electron chi connectivity index (χ2n) is 8.23. The van der Waals surface area contributed by atoms with Crippen LogP contribution in [0.15, 0.2) is 54.9 Å². The van der Waals surface area contributed by atoms with Gasteiger partial charge in [0, 0.05) is 38.1 Å². The Balaban J connectivity index is 1.16. The lowest BCUT2D eigenvalue weighted by atomic mass is 9.95. The van der Waals surface area contributed by atoms with Crippen molar-refractivity contribution in [3.63, 3.8) is 0 Å². The van der Waals surface area contributed by atoms with E-state index in [4.69, 9.17) is 4.74 Å². The first-order valence-electron chi connectivity index (χ1n) is 11.0. The molecule has 0 saturated carbocycles. The standard InChI is InChI=1S/C23H24N6O4/c30-21(18-14-25-23(32)29(22(18)31)17-4-2-1-3-5-17)27-11-8-16(9-12-27)15-33-20-7-6-19-24-10-13-28(19)26-20/h1-7,10,13,16,18H,8-9,11-12,14-15H2,(H,25,32). The molecule has 10 nitrogen and oxygen atoms in total. The van der Waals surface area contributed by atoms with Gasteiger partial charge in [0.1, 0.15) is 5.92 Å². The highest BCUT2D eigenvalue weighted by Gasteiger charge is 2.41. The van der Waals surface area contributed by atoms with E-state index in [1.165, 1.54) is 0 Å². The molecule has 0 bridgehead atoms. The zero-order valence-corrected chi connectivity index (χ0v) is 18.0. The number of para-hydroxylation sites is 1. The number of nitrogens with zero attached hydrogens (tertiary/aromatic N) is 5. The number of ether oxygens (including phenoxy) is 1. The van der Waals surface area contributed by atoms with Crippen LogP contribution in [0.5, 0.6) is 5.88 Å². The summed E-state index contributed by atoms with van der Waals surface area (Å²) in [5, 5.41) is 7.04. The molecule has 3 aromatic rings. The van der Waals surface area contributed by atoms with E-state index in [2.05, 4.69) is 15.4 Å². The number of rotatable bonds is 5. The predicted octanol–water partition coefficient (Wildman–Crippen LogP) is 1.72. The summed E-state index contributed by atoms with van der Waals surface area (Å²) in [6.07, 6.45) is 4.99. The van der Waals surface area contributed by atoms with Gasteiger partial charge in [-0.25, -0.2) is 19.2 Å². The van der Waals surface area contributed by atoms with Crippen LogP contribution in [0.1, 0.15) is 12.8 Å². The first-order valence-corrected chi connectivity index (χ1v) is 11.0. The molecule has 2 aliphatic rings. The largest absolute Gasteiger partial charge is 0.476 e. The lowest BCUT2D eigenvalue weighted by molar-refractivity contribution is -0.142. The van der Waals surface area contributed by atoms with Gasteiger partial charge in [-0.15, -0.1) is 5.10 Å². The summed E-state index contributed by atoms with van der Waals surface area (Å²) in [4.78, 5) is 45.3. The van der Waals surface area contributed by atoms with E-state index in [-0.39, 0.29) is 18.4 Å². The highest BCUT2D eigenvalue weighted by atomic mass is 16.5. The number of amides is 4. The van der Waals surface area contributed by atoms with Crippen molar-refractivity contribution in [2.45, 2.75) is 12.8 Å². The number of hydrogen-bond donors (Lipinski definition) is 1. The molecule has 1 unspecified atom stereocenters. The van der Waals surface area contributed by atoms with Crippen LogP contribution in [0.25, 0.3) is 5.65 Å². The number of nitrogens with one attached hydrogen (secondary N) is 1. The lowest BCUT2D eigenvalue weighted by Gasteiger charge is -2.36. The van der Waals surface area contributed by atoms with E-state index >= 15 is 0 Å². The number of fused-ring (bicyclic) bond motifs is 1. The molecule has 33 heavy (non-hydrogen) atoms. The quantitative estimate of drug-likeness (QED) is 0.596. The van der Waals surface area contributed by atoms with Gasteiger partial charge in [0.05, 0.1) is 12.3 Å². The van der Waals surface area contributed by atoms with Crippen LogP contribution in [-0.4, -0.2) is 63.6 Å². The van der Waals surface area contributed by atoms with Gasteiger partial charge in [0.25, 0.3) is 0 Å². The SMILES string of the molecule is O=C(C1CNC(=O)N(c2ccccc2)C1=O)N1CCC(COc2ccc3nccn3n2)CC1. The average Bonchev–Trinajstić information content (AvgIpc) is 3.31. The number of carbonyl (C=O) groups excluding carboxylic acids is 3. The third-order valence-electron chi connectivity index (χ3n) is 6.12. The third kappa shape index (κ3) is 4.23. The summed E-state index contributed by atoms with van der Waals surface area (Å²) in [6.45, 7) is 1.62. The van der Waals surface area contributed by atoms with E-state index in [1.807, 2.05) is 6.07 Å². The minimum absolute atomic E-state index is 0.0191. The smallest absolute Gasteiger partial charge is 0.328 e. The number of benzene rings is 1. The van der Waals surface area contributed by atoms with Crippen molar-refractivity contribution in [3.05, 3.63) is 54.9 Å². The number of carbonyl (C=O) groups is 3. The number of urea groups is 1. The molecule has 1 atom stereocenters. The molecule has 0 aliphatic carbocycles. The van der Waals surface area contributed by atoms with Crippen LogP contribution < -0.4 is 15.0 Å². The van der Waals surface area contributed by atoms with Gasteiger partial charge in [-0.05, 0) is 37.0 Å². The molecule has 0 spiro atoms. The van der Waals surface area contributed by atoms with E-state index in [9.17, 15) is 14.4 Å². The zero-order valence-electron chi connectivity index (χ0n) is 18.0. The van der Waals surface area contributed by atoms with Gasteiger partial charge in [-0.2, -0.15) is 0 Å². The van der Waals surface area contributed by atoms with Crippen LogP contribution in [0, 0.1) is 11.8 Å². The van der Waals surface area contributed by atoms with Gasteiger partial charge >= 0.3 is 6.03 Å². The minimum Gasteiger partial charge on any atom is -0.476 e. The van der Waals surface area contributed by atoms with Crippen molar-refractivity contribution >= 4 is 29.2 Å². The van der Waals surface area contributed by atoms with Crippen LogP contribution in [0.3, 0.4) is 0 Å². The van der Waals surface area contributed by atoms with Gasteiger partial charge < -0.3 is 15.0 Å². The molecule has 0 radical (unpaired) electrons. The Labute approximate surface area is 190 Å². The topological polar surface area (TPSA) is 109 Å². The third-order valence-corrected chi connectivity index (χ3v) is 6.12. The molecule has 1 N–H and O–H groups in total. The molecule has 2 saturated heterocycles. The van der Waals surface area contributed by atoms with E-state index in [0.29, 0.717) is 31.3 Å². The van der Waals surface area contributed by atoms with Crippen LogP contribution in [0.2, 0.25) is 0 Å². The van der Waals surface area contributed by atoms with Crippen LogP contribution in [-0.2, 0) is 9.59 Å². The highest BCUT2D eigenvalue weighted by Crippen LogP contribution is 2.24. The fraction of sp³-hybridized carbons (Fsp3) is 0.348. The van der Waals surface area contributed by atoms with E-state index in [1.54, 1.807) is 58.2 Å². The van der Waals surface area contributed by atoms with Gasteiger partial charge in [-0.3, -0.25) is 9.59 Å². The summed E-state index contributed by atoms with van der Waals surface area (Å²) in [7, 11) is 0. The summed E-state index contributed by atoms with van der Waals surface area (Å²) in [5.74, 6) is -0.823. The molecule has 2 aromatic heterocycles. The normalized spacial score (nSPS) is 19.6. The molecule has 170 valence electrons. The molecule has 10 heteroatoms. The van der Waals surface area contributed by atoms with E-state index < -0.39 is 17.9 Å². The second-order valence-corrected chi connectivity index (χ2v) is 8.23. The minimum atomic E-state index is -0.915. The molecule has 1 aromatic carbocycles. The molecule has 4 amide bonds. The fourth-order valence-electron chi connectivity index (χ4n) is 4.24. The Morgan fingerprint density at radius 3 is 2.67 bits per heavy atom. The van der Waals surface area contributed by atoms with Gasteiger partial charge in [0.2, 0.25) is 17.7 Å². The highest BCUT2D eigenvalue weighted by molar-refractivity contribution is 6.21. The number of piperidine rings is 1. The monoisotopic (exact) mass is 448 g/mol. The van der Waals surface area contributed by atoms with Gasteiger partial charge in [0.15, 0.2) is 5.65 Å². The predicted molar refractivity (Wildman–Crippen MR) is 119 cm³/mol. The Morgan fingerprint density at radius 1 is 1.09 bits per heavy atom. The summed E-state index contributed by atoms with van der Waals surface area (Å²) >= 11 is 0. The van der Waals surface area contributed by atoms with Crippen molar-refractivity contribution in [2.75, 3.05) is 31.1 Å². The van der Waals surface area contributed by atoms with Gasteiger partial charge in [-0.1, -0.05) is 18.2 Å². The Bertz CT molecular complexity index is 1170. The molecular weight excluding hydrogens is 424 g/mol. The number of imide groups is 1. The number of hydrogen-bond acceptors (Lipinski definition) is 6. The number of likely N-dealkylation sites (tertiary alicyclic amines) is 1. The van der Waals surface area contributed by atoms with Crippen molar-refractivity contribution in [1.82, 2.24) is 24.8 Å². The number of aromatic nitrogens is 3. The first kappa shape index (κ1) is 20.9. The molecule has 2 fully saturated rings. The number of imidazole rings is 1. The van der Waals surface area contributed by atoms with Crippen molar-refractivity contribution < 1.29 is 19.1 Å². The Hall–Kier alpha value is -3.95. The first-order chi connectivity index (χ1) is 16.1. The average molecular weight is 448 g/mol. The van der Waals surface area contributed by atoms with E-state index in [0.717, 1.165) is 23.4 Å². The number of anilines is 1. The van der Waals surface area contributed by atoms with Crippen LogP contribution >= 0.6 is 0 Å². The van der Waals surface area contributed by atoms with Crippen LogP contribution in [0.4, 0.5) is 10.5 Å². The summed E-state index contributed by atoms with van der Waals surface area (Å²) in [5.41, 5.74) is 1.21. The lowest BCUT2D eigenvalue weighted by Crippen LogP contribution is -2.59. The fourth-order valence-corrected chi connectivity index (χ4v) is 4.24. The maximum Gasteiger partial charge on any atom is 0.328 e. The maximum atomic E-state index is 13.1. The van der Waals surface area contributed by atoms with Crippen molar-refractivity contribution in [2.24, 2.45) is 11.8 Å². The van der Waals surface area contributed by atoms with Crippen molar-refractivity contribution in [3.8, 4) is 5.88 Å². The summed E-state index contributed by atoms with van der Waals surface area (Å²) in [6, 6.07) is 11.8. The Kier molecular flexibility index (Phi) is 5.64. The summed E-state index contributed by atoms with van der Waals surface area (Å²) < 4.78 is 7.52. The molecule has 5 rings (SSSR count).